The first-order valence-electron chi connectivity index (χ1n) is 6.15. The number of hydrogen-bond donors (Lipinski definition) is 1. The van der Waals surface area contributed by atoms with Gasteiger partial charge in [0.1, 0.15) is 5.75 Å². The molecule has 0 heterocycles. The molecule has 1 atom stereocenters. The van der Waals surface area contributed by atoms with Gasteiger partial charge in [0.15, 0.2) is 0 Å². The lowest BCUT2D eigenvalue weighted by atomic mass is 10.0. The average molecular weight is 219 g/mol. The zero-order valence-electron chi connectivity index (χ0n) is 10.1. The Kier molecular flexibility index (Phi) is 3.49. The molecule has 0 radical (unpaired) electrons. The average Bonchev–Trinajstić information content (AvgIpc) is 3.10. The van der Waals surface area contributed by atoms with Gasteiger partial charge in [-0.3, -0.25) is 0 Å². The van der Waals surface area contributed by atoms with Crippen LogP contribution >= 0.6 is 0 Å². The lowest BCUT2D eigenvalue weighted by Gasteiger charge is -2.12. The van der Waals surface area contributed by atoms with E-state index in [1.54, 1.807) is 0 Å². The molecular weight excluding hydrogens is 198 g/mol. The van der Waals surface area contributed by atoms with Crippen LogP contribution < -0.4 is 10.5 Å². The predicted molar refractivity (Wildman–Crippen MR) is 66.4 cm³/mol. The van der Waals surface area contributed by atoms with Crippen LogP contribution in [-0.2, 0) is 0 Å². The van der Waals surface area contributed by atoms with E-state index >= 15 is 0 Å². The summed E-state index contributed by atoms with van der Waals surface area (Å²) < 4.78 is 5.64. The summed E-state index contributed by atoms with van der Waals surface area (Å²) in [6.45, 7) is 5.07. The maximum atomic E-state index is 6.13. The van der Waals surface area contributed by atoms with Crippen molar-refractivity contribution in [3.8, 4) is 5.75 Å². The van der Waals surface area contributed by atoms with Gasteiger partial charge in [-0.2, -0.15) is 0 Å². The molecule has 2 nitrogen and oxygen atoms in total. The second-order valence-corrected chi connectivity index (χ2v) is 5.14. The normalized spacial score (nSPS) is 17.5. The third kappa shape index (κ3) is 2.99. The number of nitrogens with two attached hydrogens (primary N) is 1. The molecule has 1 saturated carbocycles. The van der Waals surface area contributed by atoms with Crippen LogP contribution in [0, 0.1) is 11.8 Å². The first-order valence-corrected chi connectivity index (χ1v) is 6.15. The largest absolute Gasteiger partial charge is 0.493 e. The third-order valence-corrected chi connectivity index (χ3v) is 2.98. The van der Waals surface area contributed by atoms with E-state index in [-0.39, 0.29) is 6.04 Å². The van der Waals surface area contributed by atoms with E-state index in [0.717, 1.165) is 12.4 Å². The van der Waals surface area contributed by atoms with Crippen LogP contribution in [0.1, 0.15) is 38.3 Å². The van der Waals surface area contributed by atoms with E-state index in [9.17, 15) is 0 Å². The molecule has 2 N–H and O–H groups in total. The minimum absolute atomic E-state index is 0.221. The van der Waals surface area contributed by atoms with Crippen LogP contribution in [0.25, 0.3) is 0 Å². The van der Waals surface area contributed by atoms with Gasteiger partial charge in [0.05, 0.1) is 6.61 Å². The van der Waals surface area contributed by atoms with Crippen molar-refractivity contribution in [1.29, 1.82) is 0 Å². The second-order valence-electron chi connectivity index (χ2n) is 5.14. The number of benzene rings is 1. The van der Waals surface area contributed by atoms with E-state index in [1.807, 2.05) is 12.1 Å². The van der Waals surface area contributed by atoms with Crippen molar-refractivity contribution in [2.24, 2.45) is 17.6 Å². The highest BCUT2D eigenvalue weighted by atomic mass is 16.5. The molecule has 1 aromatic carbocycles. The second kappa shape index (κ2) is 4.88. The molecule has 0 aromatic heterocycles. The molecule has 88 valence electrons. The monoisotopic (exact) mass is 219 g/mol. The first-order chi connectivity index (χ1) is 7.66. The standard InChI is InChI=1S/C14H21NO/c1-10(2)9-16-13-7-5-12(6-8-13)14(15)11-3-4-11/h5-8,10-11,14H,3-4,9,15H2,1-2H3. The molecule has 0 bridgehead atoms. The van der Waals surface area contributed by atoms with Crippen molar-refractivity contribution in [3.05, 3.63) is 29.8 Å². The SMILES string of the molecule is CC(C)COc1ccc(C(N)C2CC2)cc1. The summed E-state index contributed by atoms with van der Waals surface area (Å²) in [5, 5.41) is 0. The highest BCUT2D eigenvalue weighted by Gasteiger charge is 2.29. The Bertz CT molecular complexity index is 327. The Morgan fingerprint density at radius 3 is 2.38 bits per heavy atom. The summed E-state index contributed by atoms with van der Waals surface area (Å²) >= 11 is 0. The molecule has 0 spiro atoms. The van der Waals surface area contributed by atoms with E-state index in [0.29, 0.717) is 11.8 Å². The minimum atomic E-state index is 0.221. The van der Waals surface area contributed by atoms with Gasteiger partial charge in [-0.1, -0.05) is 26.0 Å². The molecule has 2 rings (SSSR count). The van der Waals surface area contributed by atoms with Crippen molar-refractivity contribution < 1.29 is 4.74 Å². The highest BCUT2D eigenvalue weighted by molar-refractivity contribution is 5.29. The van der Waals surface area contributed by atoms with Crippen LogP contribution in [0.2, 0.25) is 0 Å². The fourth-order valence-electron chi connectivity index (χ4n) is 1.78. The van der Waals surface area contributed by atoms with Crippen molar-refractivity contribution in [3.63, 3.8) is 0 Å². The Morgan fingerprint density at radius 1 is 1.25 bits per heavy atom. The Morgan fingerprint density at radius 2 is 1.88 bits per heavy atom. The van der Waals surface area contributed by atoms with E-state index in [4.69, 9.17) is 10.5 Å². The van der Waals surface area contributed by atoms with E-state index in [2.05, 4.69) is 26.0 Å². The van der Waals surface area contributed by atoms with Gasteiger partial charge < -0.3 is 10.5 Å². The smallest absolute Gasteiger partial charge is 0.119 e. The van der Waals surface area contributed by atoms with Crippen LogP contribution in [-0.4, -0.2) is 6.61 Å². The predicted octanol–water partition coefficient (Wildman–Crippen LogP) is 3.13. The lowest BCUT2D eigenvalue weighted by Crippen LogP contribution is -2.12. The molecule has 1 aromatic rings. The van der Waals surface area contributed by atoms with E-state index in [1.165, 1.54) is 18.4 Å². The lowest BCUT2D eigenvalue weighted by molar-refractivity contribution is 0.271. The summed E-state index contributed by atoms with van der Waals surface area (Å²) in [6, 6.07) is 8.47. The first kappa shape index (κ1) is 11.5. The summed E-state index contributed by atoms with van der Waals surface area (Å²) in [5.74, 6) is 2.22. The van der Waals surface area contributed by atoms with Crippen LogP contribution in [0.4, 0.5) is 0 Å². The molecule has 1 aliphatic carbocycles. The van der Waals surface area contributed by atoms with Gasteiger partial charge in [0.2, 0.25) is 0 Å². The minimum Gasteiger partial charge on any atom is -0.493 e. The number of ether oxygens (including phenoxy) is 1. The van der Waals surface area contributed by atoms with Crippen molar-refractivity contribution in [1.82, 2.24) is 0 Å². The van der Waals surface area contributed by atoms with Crippen LogP contribution in [0.15, 0.2) is 24.3 Å². The fourth-order valence-corrected chi connectivity index (χ4v) is 1.78. The zero-order chi connectivity index (χ0) is 11.5. The molecule has 0 amide bonds. The topological polar surface area (TPSA) is 35.2 Å². The Balaban J connectivity index is 1.93. The van der Waals surface area contributed by atoms with Gasteiger partial charge in [-0.25, -0.2) is 0 Å². The summed E-state index contributed by atoms with van der Waals surface area (Å²) in [4.78, 5) is 0. The van der Waals surface area contributed by atoms with Crippen molar-refractivity contribution in [2.45, 2.75) is 32.7 Å². The summed E-state index contributed by atoms with van der Waals surface area (Å²) in [7, 11) is 0. The molecular formula is C14H21NO. The number of hydrogen-bond acceptors (Lipinski definition) is 2. The van der Waals surface area contributed by atoms with Gasteiger partial charge in [-0.15, -0.1) is 0 Å². The third-order valence-electron chi connectivity index (χ3n) is 2.98. The molecule has 2 heteroatoms. The quantitative estimate of drug-likeness (QED) is 0.825. The Hall–Kier alpha value is -1.02. The molecule has 1 unspecified atom stereocenters. The molecule has 1 aliphatic rings. The van der Waals surface area contributed by atoms with Crippen molar-refractivity contribution in [2.75, 3.05) is 6.61 Å². The molecule has 1 fully saturated rings. The summed E-state index contributed by atoms with van der Waals surface area (Å²) in [5.41, 5.74) is 7.37. The van der Waals surface area contributed by atoms with Gasteiger partial charge in [-0.05, 0) is 42.4 Å². The van der Waals surface area contributed by atoms with Crippen LogP contribution in [0.5, 0.6) is 5.75 Å². The van der Waals surface area contributed by atoms with Gasteiger partial charge in [0, 0.05) is 6.04 Å². The maximum absolute atomic E-state index is 6.13. The fraction of sp³-hybridized carbons (Fsp3) is 0.571. The van der Waals surface area contributed by atoms with E-state index < -0.39 is 0 Å². The summed E-state index contributed by atoms with van der Waals surface area (Å²) in [6.07, 6.45) is 2.57. The molecule has 0 saturated heterocycles. The molecule has 0 aliphatic heterocycles. The Labute approximate surface area is 97.8 Å². The highest BCUT2D eigenvalue weighted by Crippen LogP contribution is 2.39. The van der Waals surface area contributed by atoms with Crippen LogP contribution in [0.3, 0.4) is 0 Å². The van der Waals surface area contributed by atoms with Gasteiger partial charge >= 0.3 is 0 Å². The molecule has 16 heavy (non-hydrogen) atoms. The maximum Gasteiger partial charge on any atom is 0.119 e. The van der Waals surface area contributed by atoms with Crippen molar-refractivity contribution >= 4 is 0 Å². The number of rotatable bonds is 5. The van der Waals surface area contributed by atoms with Gasteiger partial charge in [0.25, 0.3) is 0 Å². The zero-order valence-corrected chi connectivity index (χ0v) is 10.1.